The van der Waals surface area contributed by atoms with E-state index in [2.05, 4.69) is 17.1 Å². The van der Waals surface area contributed by atoms with Gasteiger partial charge in [0.25, 0.3) is 0 Å². The Labute approximate surface area is 99.5 Å². The van der Waals surface area contributed by atoms with E-state index in [0.29, 0.717) is 6.10 Å². The molecule has 2 aliphatic rings. The van der Waals surface area contributed by atoms with Crippen molar-refractivity contribution < 1.29 is 4.74 Å². The van der Waals surface area contributed by atoms with Crippen LogP contribution in [0.1, 0.15) is 39.0 Å². The first-order valence-electron chi connectivity index (χ1n) is 6.83. The van der Waals surface area contributed by atoms with Gasteiger partial charge in [-0.2, -0.15) is 0 Å². The second-order valence-corrected chi connectivity index (χ2v) is 5.27. The molecule has 1 N–H and O–H groups in total. The van der Waals surface area contributed by atoms with Crippen LogP contribution in [-0.2, 0) is 4.74 Å². The van der Waals surface area contributed by atoms with E-state index in [1.807, 2.05) is 7.11 Å². The number of hydrogen-bond donors (Lipinski definition) is 1. The Kier molecular flexibility index (Phi) is 4.62. The van der Waals surface area contributed by atoms with Crippen LogP contribution in [-0.4, -0.2) is 49.8 Å². The van der Waals surface area contributed by atoms with Crippen molar-refractivity contribution in [3.05, 3.63) is 0 Å². The molecule has 0 aromatic rings. The van der Waals surface area contributed by atoms with Crippen molar-refractivity contribution in [2.75, 3.05) is 26.7 Å². The lowest BCUT2D eigenvalue weighted by Crippen LogP contribution is -2.51. The van der Waals surface area contributed by atoms with E-state index in [4.69, 9.17) is 4.74 Å². The lowest BCUT2D eigenvalue weighted by molar-refractivity contribution is -0.0291. The second-order valence-electron chi connectivity index (χ2n) is 5.27. The van der Waals surface area contributed by atoms with Gasteiger partial charge in [-0.05, 0) is 45.2 Å². The highest BCUT2D eigenvalue weighted by Gasteiger charge is 2.34. The largest absolute Gasteiger partial charge is 0.381 e. The Balaban J connectivity index is 1.75. The summed E-state index contributed by atoms with van der Waals surface area (Å²) in [4.78, 5) is 2.68. The van der Waals surface area contributed by atoms with E-state index in [0.717, 1.165) is 12.1 Å². The zero-order valence-electron chi connectivity index (χ0n) is 10.7. The van der Waals surface area contributed by atoms with E-state index in [-0.39, 0.29) is 0 Å². The zero-order chi connectivity index (χ0) is 11.4. The highest BCUT2D eigenvalue weighted by molar-refractivity contribution is 4.90. The third kappa shape index (κ3) is 2.96. The van der Waals surface area contributed by atoms with E-state index in [9.17, 15) is 0 Å². The minimum Gasteiger partial charge on any atom is -0.381 e. The van der Waals surface area contributed by atoms with Crippen LogP contribution >= 0.6 is 0 Å². The Morgan fingerprint density at radius 2 is 2.19 bits per heavy atom. The third-order valence-corrected chi connectivity index (χ3v) is 4.05. The van der Waals surface area contributed by atoms with Gasteiger partial charge >= 0.3 is 0 Å². The summed E-state index contributed by atoms with van der Waals surface area (Å²) in [5.74, 6) is 0. The van der Waals surface area contributed by atoms with Crippen LogP contribution in [0.2, 0.25) is 0 Å². The maximum absolute atomic E-state index is 5.37. The lowest BCUT2D eigenvalue weighted by atomic mass is 9.87. The molecular weight excluding hydrogens is 200 g/mol. The van der Waals surface area contributed by atoms with Gasteiger partial charge in [0.15, 0.2) is 0 Å². The fourth-order valence-electron chi connectivity index (χ4n) is 2.93. The number of nitrogens with one attached hydrogen (secondary N) is 1. The van der Waals surface area contributed by atoms with Crippen molar-refractivity contribution in [3.8, 4) is 0 Å². The Morgan fingerprint density at radius 3 is 2.75 bits per heavy atom. The molecule has 1 unspecified atom stereocenters. The monoisotopic (exact) mass is 226 g/mol. The molecule has 1 saturated heterocycles. The topological polar surface area (TPSA) is 24.5 Å². The number of rotatable bonds is 6. The summed E-state index contributed by atoms with van der Waals surface area (Å²) in [6.07, 6.45) is 6.99. The molecule has 0 aromatic carbocycles. The quantitative estimate of drug-likeness (QED) is 0.745. The molecule has 1 aliphatic carbocycles. The zero-order valence-corrected chi connectivity index (χ0v) is 10.7. The Morgan fingerprint density at radius 1 is 1.38 bits per heavy atom. The van der Waals surface area contributed by atoms with Gasteiger partial charge in [-0.1, -0.05) is 6.92 Å². The van der Waals surface area contributed by atoms with Gasteiger partial charge in [-0.15, -0.1) is 0 Å². The first-order chi connectivity index (χ1) is 7.83. The molecule has 2 rings (SSSR count). The van der Waals surface area contributed by atoms with Gasteiger partial charge in [0, 0.05) is 25.7 Å². The van der Waals surface area contributed by atoms with Gasteiger partial charge in [0.1, 0.15) is 0 Å². The number of ether oxygens (including phenoxy) is 1. The molecule has 1 heterocycles. The van der Waals surface area contributed by atoms with E-state index in [1.54, 1.807) is 0 Å². The van der Waals surface area contributed by atoms with Gasteiger partial charge in [-0.3, -0.25) is 4.90 Å². The van der Waals surface area contributed by atoms with Crippen molar-refractivity contribution in [2.45, 2.75) is 57.2 Å². The van der Waals surface area contributed by atoms with E-state index >= 15 is 0 Å². The van der Waals surface area contributed by atoms with Crippen molar-refractivity contribution in [1.82, 2.24) is 10.2 Å². The minimum atomic E-state index is 0.529. The van der Waals surface area contributed by atoms with Crippen molar-refractivity contribution >= 4 is 0 Å². The average Bonchev–Trinajstić information content (AvgIpc) is 2.69. The van der Waals surface area contributed by atoms with Crippen LogP contribution < -0.4 is 5.32 Å². The molecule has 16 heavy (non-hydrogen) atoms. The summed E-state index contributed by atoms with van der Waals surface area (Å²) < 4.78 is 5.37. The van der Waals surface area contributed by atoms with Crippen molar-refractivity contribution in [3.63, 3.8) is 0 Å². The standard InChI is InChI=1S/C13H26N2O/c1-3-7-15(10-11-5-4-6-14-11)12-8-13(9-12)16-2/h11-14H,3-10H2,1-2H3. The molecule has 0 radical (unpaired) electrons. The summed E-state index contributed by atoms with van der Waals surface area (Å²) in [7, 11) is 1.84. The Hall–Kier alpha value is -0.120. The Bertz CT molecular complexity index is 198. The highest BCUT2D eigenvalue weighted by Crippen LogP contribution is 2.28. The SMILES string of the molecule is CCCN(CC1CCCN1)C1CC(OC)C1. The predicted molar refractivity (Wildman–Crippen MR) is 66.7 cm³/mol. The fraction of sp³-hybridized carbons (Fsp3) is 1.00. The van der Waals surface area contributed by atoms with E-state index < -0.39 is 0 Å². The molecule has 0 spiro atoms. The number of methoxy groups -OCH3 is 1. The summed E-state index contributed by atoms with van der Waals surface area (Å²) >= 11 is 0. The molecule has 2 fully saturated rings. The van der Waals surface area contributed by atoms with Gasteiger partial charge in [0.05, 0.1) is 6.10 Å². The molecule has 0 aromatic heterocycles. The summed E-state index contributed by atoms with van der Waals surface area (Å²) in [6, 6.07) is 1.53. The van der Waals surface area contributed by atoms with Crippen LogP contribution in [0.15, 0.2) is 0 Å². The molecule has 94 valence electrons. The number of hydrogen-bond acceptors (Lipinski definition) is 3. The van der Waals surface area contributed by atoms with Crippen molar-refractivity contribution in [1.29, 1.82) is 0 Å². The highest BCUT2D eigenvalue weighted by atomic mass is 16.5. The molecular formula is C13H26N2O. The molecule has 0 bridgehead atoms. The second kappa shape index (κ2) is 5.99. The number of nitrogens with zero attached hydrogens (tertiary/aromatic N) is 1. The van der Waals surface area contributed by atoms with Crippen LogP contribution in [0.25, 0.3) is 0 Å². The van der Waals surface area contributed by atoms with Gasteiger partial charge in [0.2, 0.25) is 0 Å². The van der Waals surface area contributed by atoms with Crippen LogP contribution in [0.3, 0.4) is 0 Å². The maximum atomic E-state index is 5.37. The molecule has 1 aliphatic heterocycles. The van der Waals surface area contributed by atoms with E-state index in [1.165, 1.54) is 51.7 Å². The molecule has 1 saturated carbocycles. The van der Waals surface area contributed by atoms with Crippen LogP contribution in [0.5, 0.6) is 0 Å². The lowest BCUT2D eigenvalue weighted by Gasteiger charge is -2.43. The smallest absolute Gasteiger partial charge is 0.0601 e. The molecule has 3 nitrogen and oxygen atoms in total. The fourth-order valence-corrected chi connectivity index (χ4v) is 2.93. The molecule has 0 amide bonds. The predicted octanol–water partition coefficient (Wildman–Crippen LogP) is 1.63. The van der Waals surface area contributed by atoms with Gasteiger partial charge < -0.3 is 10.1 Å². The maximum Gasteiger partial charge on any atom is 0.0601 e. The molecule has 3 heteroatoms. The third-order valence-electron chi connectivity index (χ3n) is 4.05. The first kappa shape index (κ1) is 12.3. The van der Waals surface area contributed by atoms with Crippen LogP contribution in [0, 0.1) is 0 Å². The van der Waals surface area contributed by atoms with Crippen LogP contribution in [0.4, 0.5) is 0 Å². The minimum absolute atomic E-state index is 0.529. The summed E-state index contributed by atoms with van der Waals surface area (Å²) in [6.45, 7) is 5.99. The average molecular weight is 226 g/mol. The van der Waals surface area contributed by atoms with Gasteiger partial charge in [-0.25, -0.2) is 0 Å². The van der Waals surface area contributed by atoms with Crippen molar-refractivity contribution in [2.24, 2.45) is 0 Å². The normalized spacial score (nSPS) is 34.3. The summed E-state index contributed by atoms with van der Waals surface area (Å²) in [5, 5.41) is 3.60. The summed E-state index contributed by atoms with van der Waals surface area (Å²) in [5.41, 5.74) is 0. The first-order valence-corrected chi connectivity index (χ1v) is 6.83. The molecule has 1 atom stereocenters.